The zero-order chi connectivity index (χ0) is 19.4. The summed E-state index contributed by atoms with van der Waals surface area (Å²) in [5.41, 5.74) is 0.292. The molecule has 3 rings (SSSR count). The second-order valence-corrected chi connectivity index (χ2v) is 5.56. The molecule has 0 radical (unpaired) electrons. The van der Waals surface area contributed by atoms with E-state index >= 15 is 0 Å². The Kier molecular flexibility index (Phi) is 5.20. The van der Waals surface area contributed by atoms with Crippen LogP contribution in [0.15, 0.2) is 53.1 Å². The predicted molar refractivity (Wildman–Crippen MR) is 88.6 cm³/mol. The van der Waals surface area contributed by atoms with Gasteiger partial charge in [0.15, 0.2) is 11.6 Å². The quantitative estimate of drug-likeness (QED) is 0.688. The van der Waals surface area contributed by atoms with E-state index in [-0.39, 0.29) is 17.9 Å². The molecule has 0 aliphatic rings. The van der Waals surface area contributed by atoms with Gasteiger partial charge < -0.3 is 14.9 Å². The lowest BCUT2D eigenvalue weighted by Gasteiger charge is -2.16. The summed E-state index contributed by atoms with van der Waals surface area (Å²) in [5, 5.41) is 15.0. The molecular weight excluding hydrogens is 360 g/mol. The zero-order valence-electron chi connectivity index (χ0n) is 13.7. The summed E-state index contributed by atoms with van der Waals surface area (Å²) in [5.74, 6) is -4.99. The molecule has 0 aliphatic carbocycles. The average Bonchev–Trinajstić information content (AvgIpc) is 3.14. The first-order chi connectivity index (χ1) is 13.0. The number of hydrogen-bond donors (Lipinski definition) is 2. The summed E-state index contributed by atoms with van der Waals surface area (Å²) >= 11 is 0. The molecule has 9 heteroatoms. The molecule has 0 saturated carbocycles. The van der Waals surface area contributed by atoms with Gasteiger partial charge in [-0.3, -0.25) is 9.59 Å². The summed E-state index contributed by atoms with van der Waals surface area (Å²) in [7, 11) is 0. The minimum absolute atomic E-state index is 0.285. The van der Waals surface area contributed by atoms with Crippen LogP contribution in [0.1, 0.15) is 28.6 Å². The Morgan fingerprint density at radius 2 is 1.85 bits per heavy atom. The molecule has 0 fully saturated rings. The first kappa shape index (κ1) is 18.2. The predicted octanol–water partition coefficient (Wildman–Crippen LogP) is 2.96. The highest BCUT2D eigenvalue weighted by Crippen LogP contribution is 2.23. The number of carboxylic acid groups (broad SMARTS) is 1. The molecule has 1 aromatic heterocycles. The Morgan fingerprint density at radius 3 is 2.56 bits per heavy atom. The van der Waals surface area contributed by atoms with E-state index in [1.807, 2.05) is 0 Å². The Bertz CT molecular complexity index is 976. The minimum Gasteiger partial charge on any atom is -0.481 e. The van der Waals surface area contributed by atoms with Gasteiger partial charge in [0.1, 0.15) is 0 Å². The Labute approximate surface area is 151 Å². The van der Waals surface area contributed by atoms with Crippen LogP contribution < -0.4 is 5.32 Å². The molecule has 0 bridgehead atoms. The van der Waals surface area contributed by atoms with Crippen molar-refractivity contribution in [2.45, 2.75) is 12.5 Å². The van der Waals surface area contributed by atoms with Gasteiger partial charge >= 0.3 is 5.97 Å². The number of nitrogens with one attached hydrogen (secondary N) is 1. The van der Waals surface area contributed by atoms with Crippen molar-refractivity contribution in [3.8, 4) is 11.5 Å². The number of nitrogens with zero attached hydrogens (tertiary/aromatic N) is 2. The van der Waals surface area contributed by atoms with Crippen LogP contribution in [0.3, 0.4) is 0 Å². The van der Waals surface area contributed by atoms with Gasteiger partial charge in [-0.1, -0.05) is 41.6 Å². The SMILES string of the molecule is O=C(O)CC(NC(=O)c1noc(-c2cccc(F)c2F)n1)c1ccccc1. The van der Waals surface area contributed by atoms with Crippen molar-refractivity contribution < 1.29 is 28.0 Å². The smallest absolute Gasteiger partial charge is 0.305 e. The molecule has 1 atom stereocenters. The summed E-state index contributed by atoms with van der Waals surface area (Å²) in [4.78, 5) is 27.2. The largest absolute Gasteiger partial charge is 0.481 e. The van der Waals surface area contributed by atoms with Gasteiger partial charge in [0.25, 0.3) is 17.6 Å². The fourth-order valence-electron chi connectivity index (χ4n) is 2.43. The topological polar surface area (TPSA) is 105 Å². The molecule has 1 amide bonds. The lowest BCUT2D eigenvalue weighted by Crippen LogP contribution is -2.30. The fraction of sp³-hybridized carbons (Fsp3) is 0.111. The standard InChI is InChI=1S/C18H13F2N3O4/c19-12-8-4-7-11(15(12)20)18-22-16(23-27-18)17(26)21-13(9-14(24)25)10-5-2-1-3-6-10/h1-8,13H,9H2,(H,21,26)(H,24,25). The lowest BCUT2D eigenvalue weighted by atomic mass is 10.0. The molecule has 0 aliphatic heterocycles. The summed E-state index contributed by atoms with van der Waals surface area (Å²) < 4.78 is 31.9. The summed E-state index contributed by atoms with van der Waals surface area (Å²) in [6.45, 7) is 0. The summed E-state index contributed by atoms with van der Waals surface area (Å²) in [6.07, 6.45) is -0.362. The highest BCUT2D eigenvalue weighted by Gasteiger charge is 2.23. The Morgan fingerprint density at radius 1 is 1.11 bits per heavy atom. The number of hydrogen-bond acceptors (Lipinski definition) is 5. The highest BCUT2D eigenvalue weighted by molar-refractivity contribution is 5.91. The monoisotopic (exact) mass is 373 g/mol. The third-order valence-corrected chi connectivity index (χ3v) is 3.70. The maximum Gasteiger partial charge on any atom is 0.305 e. The van der Waals surface area contributed by atoms with Crippen LogP contribution in [0, 0.1) is 11.6 Å². The van der Waals surface area contributed by atoms with Gasteiger partial charge in [0.2, 0.25) is 0 Å². The Hall–Kier alpha value is -3.62. The average molecular weight is 373 g/mol. The number of benzene rings is 2. The number of amides is 1. The maximum atomic E-state index is 13.8. The van der Waals surface area contributed by atoms with Crippen molar-refractivity contribution >= 4 is 11.9 Å². The number of halogens is 2. The van der Waals surface area contributed by atoms with E-state index in [4.69, 9.17) is 9.63 Å². The highest BCUT2D eigenvalue weighted by atomic mass is 19.2. The van der Waals surface area contributed by atoms with Crippen molar-refractivity contribution in [1.29, 1.82) is 0 Å². The van der Waals surface area contributed by atoms with Gasteiger partial charge in [0.05, 0.1) is 18.0 Å². The van der Waals surface area contributed by atoms with Gasteiger partial charge in [-0.15, -0.1) is 0 Å². The lowest BCUT2D eigenvalue weighted by molar-refractivity contribution is -0.137. The first-order valence-corrected chi connectivity index (χ1v) is 7.81. The second-order valence-electron chi connectivity index (χ2n) is 5.56. The second kappa shape index (κ2) is 7.73. The number of carbonyl (C=O) groups is 2. The van der Waals surface area contributed by atoms with Gasteiger partial charge in [0, 0.05) is 0 Å². The first-order valence-electron chi connectivity index (χ1n) is 7.81. The van der Waals surface area contributed by atoms with Crippen molar-refractivity contribution in [3.63, 3.8) is 0 Å². The molecule has 7 nitrogen and oxygen atoms in total. The van der Waals surface area contributed by atoms with Crippen LogP contribution in [-0.2, 0) is 4.79 Å². The third kappa shape index (κ3) is 4.14. The fourth-order valence-corrected chi connectivity index (χ4v) is 2.43. The third-order valence-electron chi connectivity index (χ3n) is 3.70. The molecule has 0 saturated heterocycles. The molecule has 3 aromatic rings. The molecule has 0 spiro atoms. The van der Waals surface area contributed by atoms with E-state index in [0.29, 0.717) is 5.56 Å². The van der Waals surface area contributed by atoms with E-state index in [0.717, 1.165) is 6.07 Å². The van der Waals surface area contributed by atoms with E-state index in [1.165, 1.54) is 12.1 Å². The minimum atomic E-state index is -1.18. The van der Waals surface area contributed by atoms with Crippen molar-refractivity contribution in [3.05, 3.63) is 71.6 Å². The number of carboxylic acids is 1. The molecular formula is C18H13F2N3O4. The van der Waals surface area contributed by atoms with Crippen LogP contribution in [0.5, 0.6) is 0 Å². The van der Waals surface area contributed by atoms with Gasteiger partial charge in [-0.25, -0.2) is 8.78 Å². The number of aromatic nitrogens is 2. The van der Waals surface area contributed by atoms with Crippen molar-refractivity contribution in [1.82, 2.24) is 15.5 Å². The maximum absolute atomic E-state index is 13.8. The van der Waals surface area contributed by atoms with Gasteiger partial charge in [-0.2, -0.15) is 4.98 Å². The molecule has 1 heterocycles. The Balaban J connectivity index is 1.82. The van der Waals surface area contributed by atoms with Crippen molar-refractivity contribution in [2.24, 2.45) is 0 Å². The summed E-state index contributed by atoms with van der Waals surface area (Å²) in [6, 6.07) is 11.1. The van der Waals surface area contributed by atoms with E-state index in [1.54, 1.807) is 30.3 Å². The van der Waals surface area contributed by atoms with Crippen LogP contribution in [-0.4, -0.2) is 27.1 Å². The van der Waals surface area contributed by atoms with Gasteiger partial charge in [-0.05, 0) is 17.7 Å². The zero-order valence-corrected chi connectivity index (χ0v) is 13.7. The molecule has 2 aromatic carbocycles. The van der Waals surface area contributed by atoms with Crippen molar-refractivity contribution in [2.75, 3.05) is 0 Å². The molecule has 27 heavy (non-hydrogen) atoms. The number of aliphatic carboxylic acids is 1. The molecule has 138 valence electrons. The number of rotatable bonds is 6. The van der Waals surface area contributed by atoms with E-state index < -0.39 is 35.4 Å². The van der Waals surface area contributed by atoms with E-state index in [2.05, 4.69) is 15.5 Å². The molecule has 2 N–H and O–H groups in total. The normalized spacial score (nSPS) is 11.8. The van der Waals surface area contributed by atoms with Crippen LogP contribution in [0.4, 0.5) is 8.78 Å². The molecule has 1 unspecified atom stereocenters. The van der Waals surface area contributed by atoms with E-state index in [9.17, 15) is 18.4 Å². The van der Waals surface area contributed by atoms with Crippen LogP contribution in [0.25, 0.3) is 11.5 Å². The van der Waals surface area contributed by atoms with Crippen LogP contribution in [0.2, 0.25) is 0 Å². The number of carbonyl (C=O) groups excluding carboxylic acids is 1. The van der Waals surface area contributed by atoms with Crippen LogP contribution >= 0.6 is 0 Å².